The Balaban J connectivity index is 0.000000810. The van der Waals surface area contributed by atoms with Crippen LogP contribution in [0.3, 0.4) is 0 Å². The van der Waals surface area contributed by atoms with Crippen molar-refractivity contribution in [1.29, 1.82) is 0 Å². The monoisotopic (exact) mass is 251 g/mol. The number of hydrogen-bond acceptors (Lipinski definition) is 2. The zero-order valence-electron chi connectivity index (χ0n) is 5.06. The lowest BCUT2D eigenvalue weighted by molar-refractivity contribution is -0.384. The third-order valence-corrected chi connectivity index (χ3v) is 0.967. The summed E-state index contributed by atoms with van der Waals surface area (Å²) in [7, 11) is 0. The minimum atomic E-state index is -0.417. The number of hydrogen-bond donors (Lipinski definition) is 0. The molecule has 0 N–H and O–H groups in total. The smallest absolute Gasteiger partial charge is 0.258 e. The van der Waals surface area contributed by atoms with E-state index in [1.807, 2.05) is 0 Å². The van der Waals surface area contributed by atoms with Gasteiger partial charge in [-0.1, -0.05) is 18.2 Å². The predicted molar refractivity (Wildman–Crippen MR) is 48.5 cm³/mol. The average Bonchev–Trinajstić information content (AvgIpc) is 1.90. The van der Waals surface area contributed by atoms with Crippen LogP contribution in [0.4, 0.5) is 5.69 Å². The van der Waals surface area contributed by atoms with Crippen molar-refractivity contribution in [3.05, 3.63) is 40.4 Å². The van der Waals surface area contributed by atoms with Crippen LogP contribution in [-0.4, -0.2) is 4.92 Å². The van der Waals surface area contributed by atoms with E-state index in [0.717, 1.165) is 0 Å². The number of para-hydroxylation sites is 1. The molecule has 4 heteroatoms. The molecule has 0 aliphatic carbocycles. The first-order valence-corrected chi connectivity index (χ1v) is 2.50. The summed E-state index contributed by atoms with van der Waals surface area (Å²) in [4.78, 5) is 9.59. The molecular formula is C6H6INO2. The van der Waals surface area contributed by atoms with E-state index >= 15 is 0 Å². The molecule has 0 radical (unpaired) electrons. The van der Waals surface area contributed by atoms with Gasteiger partial charge in [-0.05, 0) is 0 Å². The van der Waals surface area contributed by atoms with E-state index in [2.05, 4.69) is 0 Å². The summed E-state index contributed by atoms with van der Waals surface area (Å²) < 4.78 is 0. The van der Waals surface area contributed by atoms with Crippen LogP contribution in [0.25, 0.3) is 0 Å². The molecule has 0 aliphatic rings. The summed E-state index contributed by atoms with van der Waals surface area (Å²) in [5.41, 5.74) is 0.137. The van der Waals surface area contributed by atoms with Gasteiger partial charge < -0.3 is 0 Å². The molecule has 1 rings (SSSR count). The van der Waals surface area contributed by atoms with Crippen LogP contribution in [0.1, 0.15) is 0 Å². The van der Waals surface area contributed by atoms with Crippen molar-refractivity contribution >= 4 is 29.7 Å². The van der Waals surface area contributed by atoms with Crippen molar-refractivity contribution in [2.75, 3.05) is 0 Å². The second kappa shape index (κ2) is 4.21. The zero-order chi connectivity index (χ0) is 6.69. The van der Waals surface area contributed by atoms with Crippen molar-refractivity contribution in [3.8, 4) is 0 Å². The maximum absolute atomic E-state index is 10.0. The number of benzene rings is 1. The Morgan fingerprint density at radius 1 is 1.20 bits per heavy atom. The molecule has 0 fully saturated rings. The molecule has 3 nitrogen and oxygen atoms in total. The lowest BCUT2D eigenvalue weighted by Gasteiger charge is -1.85. The van der Waals surface area contributed by atoms with Gasteiger partial charge in [-0.2, -0.15) is 0 Å². The molecular weight excluding hydrogens is 245 g/mol. The largest absolute Gasteiger partial charge is 0.269 e. The van der Waals surface area contributed by atoms with Gasteiger partial charge >= 0.3 is 0 Å². The molecule has 0 amide bonds. The van der Waals surface area contributed by atoms with E-state index in [1.54, 1.807) is 18.2 Å². The van der Waals surface area contributed by atoms with E-state index in [-0.39, 0.29) is 29.7 Å². The van der Waals surface area contributed by atoms with Crippen LogP contribution in [0, 0.1) is 10.1 Å². The minimum absolute atomic E-state index is 0. The standard InChI is InChI=1S/C6H5NO2.HI/c8-7(9)6-4-2-1-3-5-6;/h1-5H;1H. The van der Waals surface area contributed by atoms with Crippen LogP contribution in [0.15, 0.2) is 30.3 Å². The number of nitrogens with zero attached hydrogens (tertiary/aromatic N) is 1. The highest BCUT2D eigenvalue weighted by Gasteiger charge is 1.98. The summed E-state index contributed by atoms with van der Waals surface area (Å²) in [5.74, 6) is 0. The van der Waals surface area contributed by atoms with Crippen molar-refractivity contribution in [1.82, 2.24) is 0 Å². The number of nitro groups is 1. The maximum atomic E-state index is 10.0. The molecule has 0 aromatic heterocycles. The van der Waals surface area contributed by atoms with Crippen molar-refractivity contribution < 1.29 is 4.92 Å². The van der Waals surface area contributed by atoms with Crippen molar-refractivity contribution in [2.45, 2.75) is 0 Å². The van der Waals surface area contributed by atoms with Gasteiger partial charge in [0.1, 0.15) is 0 Å². The zero-order valence-corrected chi connectivity index (χ0v) is 7.39. The highest BCUT2D eigenvalue weighted by molar-refractivity contribution is 14.0. The number of rotatable bonds is 1. The Morgan fingerprint density at radius 2 is 1.70 bits per heavy atom. The molecule has 54 valence electrons. The van der Waals surface area contributed by atoms with Crippen LogP contribution in [-0.2, 0) is 0 Å². The molecule has 0 bridgehead atoms. The van der Waals surface area contributed by atoms with Crippen LogP contribution < -0.4 is 0 Å². The molecule has 0 heterocycles. The molecule has 0 spiro atoms. The first kappa shape index (κ1) is 9.35. The van der Waals surface area contributed by atoms with Gasteiger partial charge in [0, 0.05) is 12.1 Å². The Kier molecular flexibility index (Phi) is 3.94. The Bertz CT molecular complexity index is 212. The topological polar surface area (TPSA) is 43.1 Å². The number of non-ortho nitro benzene ring substituents is 1. The van der Waals surface area contributed by atoms with Crippen molar-refractivity contribution in [3.63, 3.8) is 0 Å². The third kappa shape index (κ3) is 2.30. The molecule has 0 unspecified atom stereocenters. The summed E-state index contributed by atoms with van der Waals surface area (Å²) in [5, 5.41) is 10.0. The van der Waals surface area contributed by atoms with E-state index in [4.69, 9.17) is 0 Å². The highest BCUT2D eigenvalue weighted by Crippen LogP contribution is 2.06. The van der Waals surface area contributed by atoms with E-state index in [0.29, 0.717) is 0 Å². The van der Waals surface area contributed by atoms with Gasteiger partial charge in [0.15, 0.2) is 0 Å². The van der Waals surface area contributed by atoms with E-state index in [1.165, 1.54) is 12.1 Å². The second-order valence-electron chi connectivity index (χ2n) is 1.59. The molecule has 10 heavy (non-hydrogen) atoms. The molecule has 0 atom stereocenters. The summed E-state index contributed by atoms with van der Waals surface area (Å²) in [6, 6.07) is 7.93. The van der Waals surface area contributed by atoms with Gasteiger partial charge in [0.2, 0.25) is 0 Å². The SMILES string of the molecule is I.O=[N+]([O-])c1ccccc1. The van der Waals surface area contributed by atoms with Crippen LogP contribution in [0.5, 0.6) is 0 Å². The molecule has 0 saturated heterocycles. The summed E-state index contributed by atoms with van der Waals surface area (Å²) in [6.07, 6.45) is 0. The number of halogens is 1. The van der Waals surface area contributed by atoms with Crippen LogP contribution in [0.2, 0.25) is 0 Å². The van der Waals surface area contributed by atoms with Crippen LogP contribution >= 0.6 is 24.0 Å². The maximum Gasteiger partial charge on any atom is 0.269 e. The van der Waals surface area contributed by atoms with E-state index < -0.39 is 4.92 Å². The summed E-state index contributed by atoms with van der Waals surface area (Å²) in [6.45, 7) is 0. The lowest BCUT2D eigenvalue weighted by atomic mass is 10.3. The molecule has 1 aromatic rings. The molecule has 0 aliphatic heterocycles. The fraction of sp³-hybridized carbons (Fsp3) is 0. The second-order valence-corrected chi connectivity index (χ2v) is 1.59. The fourth-order valence-corrected chi connectivity index (χ4v) is 0.550. The Labute approximate surface area is 75.2 Å². The van der Waals surface area contributed by atoms with Gasteiger partial charge in [0.25, 0.3) is 5.69 Å². The van der Waals surface area contributed by atoms with Gasteiger partial charge in [0.05, 0.1) is 4.92 Å². The average molecular weight is 251 g/mol. The van der Waals surface area contributed by atoms with Gasteiger partial charge in [-0.3, -0.25) is 10.1 Å². The third-order valence-electron chi connectivity index (χ3n) is 0.967. The lowest BCUT2D eigenvalue weighted by Crippen LogP contribution is -1.84. The normalized spacial score (nSPS) is 8.00. The number of nitro benzene ring substituents is 1. The first-order valence-electron chi connectivity index (χ1n) is 2.50. The summed E-state index contributed by atoms with van der Waals surface area (Å²) >= 11 is 0. The Hall–Kier alpha value is -0.650. The quantitative estimate of drug-likeness (QED) is 0.436. The van der Waals surface area contributed by atoms with Gasteiger partial charge in [-0.15, -0.1) is 24.0 Å². The predicted octanol–water partition coefficient (Wildman–Crippen LogP) is 2.21. The van der Waals surface area contributed by atoms with E-state index in [9.17, 15) is 10.1 Å². The Morgan fingerprint density at radius 3 is 2.00 bits per heavy atom. The van der Waals surface area contributed by atoms with Gasteiger partial charge in [-0.25, -0.2) is 0 Å². The molecule has 1 aromatic carbocycles. The fourth-order valence-electron chi connectivity index (χ4n) is 0.550. The molecule has 0 saturated carbocycles. The highest BCUT2D eigenvalue weighted by atomic mass is 127. The minimum Gasteiger partial charge on any atom is -0.258 e. The first-order chi connectivity index (χ1) is 4.30. The van der Waals surface area contributed by atoms with Crippen molar-refractivity contribution in [2.24, 2.45) is 0 Å².